The number of anilines is 3. The van der Waals surface area contributed by atoms with Gasteiger partial charge in [-0.2, -0.15) is 0 Å². The fourth-order valence-electron chi connectivity index (χ4n) is 2.55. The predicted octanol–water partition coefficient (Wildman–Crippen LogP) is 4.55. The molecular formula is C19H19ClN4O2S. The molecule has 1 heterocycles. The minimum absolute atomic E-state index is 0.152. The van der Waals surface area contributed by atoms with Crippen LogP contribution >= 0.6 is 11.6 Å². The first-order valence-electron chi connectivity index (χ1n) is 8.34. The summed E-state index contributed by atoms with van der Waals surface area (Å²) in [6, 6.07) is 13.4. The van der Waals surface area contributed by atoms with Crippen molar-refractivity contribution >= 4 is 38.8 Å². The van der Waals surface area contributed by atoms with Gasteiger partial charge in [-0.05, 0) is 55.3 Å². The van der Waals surface area contributed by atoms with Gasteiger partial charge in [0.05, 0.1) is 10.6 Å². The molecule has 0 aliphatic heterocycles. The van der Waals surface area contributed by atoms with Gasteiger partial charge in [0.2, 0.25) is 0 Å². The molecule has 0 atom stereocenters. The zero-order chi connectivity index (χ0) is 19.4. The summed E-state index contributed by atoms with van der Waals surface area (Å²) in [5.74, 6) is 0.637. The summed E-state index contributed by atoms with van der Waals surface area (Å²) < 4.78 is 28.1. The lowest BCUT2D eigenvalue weighted by atomic mass is 10.1. The van der Waals surface area contributed by atoms with Gasteiger partial charge in [0.25, 0.3) is 10.0 Å². The average molecular weight is 403 g/mol. The molecule has 2 aromatic carbocycles. The minimum Gasteiger partial charge on any atom is -0.340 e. The number of hydrogen-bond acceptors (Lipinski definition) is 5. The molecule has 27 heavy (non-hydrogen) atoms. The van der Waals surface area contributed by atoms with Crippen LogP contribution in [0.4, 0.5) is 17.2 Å². The molecule has 0 amide bonds. The average Bonchev–Trinajstić information content (AvgIpc) is 2.62. The molecule has 0 aliphatic carbocycles. The van der Waals surface area contributed by atoms with Crippen molar-refractivity contribution in [1.29, 1.82) is 0 Å². The molecule has 2 N–H and O–H groups in total. The Balaban J connectivity index is 1.90. The normalized spacial score (nSPS) is 11.2. The molecule has 8 heteroatoms. The second-order valence-corrected chi connectivity index (χ2v) is 8.07. The predicted molar refractivity (Wildman–Crippen MR) is 108 cm³/mol. The number of nitrogens with zero attached hydrogens (tertiary/aromatic N) is 2. The zero-order valence-corrected chi connectivity index (χ0v) is 16.5. The van der Waals surface area contributed by atoms with Crippen molar-refractivity contribution in [1.82, 2.24) is 9.97 Å². The summed E-state index contributed by atoms with van der Waals surface area (Å²) in [5, 5.41) is 3.65. The van der Waals surface area contributed by atoms with Crippen molar-refractivity contribution in [3.05, 3.63) is 71.1 Å². The Hall–Kier alpha value is -2.64. The van der Waals surface area contributed by atoms with Gasteiger partial charge in [-0.25, -0.2) is 18.4 Å². The topological polar surface area (TPSA) is 84.0 Å². The Kier molecular flexibility index (Phi) is 5.62. The second-order valence-electron chi connectivity index (χ2n) is 5.95. The van der Waals surface area contributed by atoms with Crippen LogP contribution in [0.2, 0.25) is 5.02 Å². The van der Waals surface area contributed by atoms with E-state index in [1.165, 1.54) is 18.5 Å². The Bertz CT molecular complexity index is 1050. The highest BCUT2D eigenvalue weighted by Crippen LogP contribution is 2.26. The van der Waals surface area contributed by atoms with E-state index >= 15 is 0 Å². The first-order valence-corrected chi connectivity index (χ1v) is 10.2. The van der Waals surface area contributed by atoms with E-state index in [9.17, 15) is 8.42 Å². The molecule has 3 rings (SSSR count). The Morgan fingerprint density at radius 2 is 1.78 bits per heavy atom. The number of sulfonamides is 1. The summed E-state index contributed by atoms with van der Waals surface area (Å²) in [5.41, 5.74) is 2.96. The van der Waals surface area contributed by atoms with Crippen LogP contribution in [0.15, 0.2) is 59.8 Å². The van der Waals surface area contributed by atoms with Crippen LogP contribution in [0.1, 0.15) is 18.2 Å². The molecule has 0 saturated carbocycles. The summed E-state index contributed by atoms with van der Waals surface area (Å²) in [6.07, 6.45) is 2.16. The Labute approximate surface area is 163 Å². The van der Waals surface area contributed by atoms with Crippen LogP contribution in [-0.4, -0.2) is 18.4 Å². The van der Waals surface area contributed by atoms with E-state index in [1.807, 2.05) is 32.0 Å². The molecular weight excluding hydrogens is 384 g/mol. The lowest BCUT2D eigenvalue weighted by Crippen LogP contribution is -2.14. The van der Waals surface area contributed by atoms with E-state index in [4.69, 9.17) is 11.6 Å². The number of halogens is 1. The number of hydrogen-bond donors (Lipinski definition) is 2. The van der Waals surface area contributed by atoms with Crippen molar-refractivity contribution in [3.8, 4) is 0 Å². The Morgan fingerprint density at radius 3 is 2.44 bits per heavy atom. The van der Waals surface area contributed by atoms with E-state index in [0.717, 1.165) is 16.9 Å². The van der Waals surface area contributed by atoms with Crippen molar-refractivity contribution in [2.45, 2.75) is 25.2 Å². The van der Waals surface area contributed by atoms with E-state index in [-0.39, 0.29) is 4.90 Å². The highest BCUT2D eigenvalue weighted by molar-refractivity contribution is 7.92. The van der Waals surface area contributed by atoms with Crippen LogP contribution in [0, 0.1) is 6.92 Å². The largest absolute Gasteiger partial charge is 0.340 e. The molecule has 1 aromatic heterocycles. The number of benzene rings is 2. The van der Waals surface area contributed by atoms with Crippen LogP contribution in [0.3, 0.4) is 0 Å². The molecule has 140 valence electrons. The molecule has 0 spiro atoms. The van der Waals surface area contributed by atoms with Gasteiger partial charge >= 0.3 is 0 Å². The van der Waals surface area contributed by atoms with E-state index in [1.54, 1.807) is 18.2 Å². The monoisotopic (exact) mass is 402 g/mol. The maximum atomic E-state index is 12.7. The molecule has 0 saturated heterocycles. The second kappa shape index (κ2) is 7.94. The number of aryl methyl sites for hydroxylation is 2. The third-order valence-electron chi connectivity index (χ3n) is 3.94. The maximum absolute atomic E-state index is 12.7. The van der Waals surface area contributed by atoms with Crippen LogP contribution in [0.5, 0.6) is 0 Å². The molecule has 6 nitrogen and oxygen atoms in total. The van der Waals surface area contributed by atoms with Crippen LogP contribution in [0.25, 0.3) is 0 Å². The van der Waals surface area contributed by atoms with Crippen molar-refractivity contribution in [2.24, 2.45) is 0 Å². The first kappa shape index (κ1) is 19.1. The van der Waals surface area contributed by atoms with Gasteiger partial charge < -0.3 is 5.32 Å². The highest BCUT2D eigenvalue weighted by atomic mass is 35.5. The summed E-state index contributed by atoms with van der Waals surface area (Å²) in [4.78, 5) is 8.38. The van der Waals surface area contributed by atoms with Gasteiger partial charge in [0.1, 0.15) is 12.1 Å². The third-order valence-corrected chi connectivity index (χ3v) is 5.57. The summed E-state index contributed by atoms with van der Waals surface area (Å²) in [6.45, 7) is 3.84. The summed E-state index contributed by atoms with van der Waals surface area (Å²) in [7, 11) is -3.72. The highest BCUT2D eigenvalue weighted by Gasteiger charge is 2.16. The van der Waals surface area contributed by atoms with Crippen molar-refractivity contribution in [2.75, 3.05) is 10.0 Å². The lowest BCUT2D eigenvalue weighted by Gasteiger charge is -2.14. The molecule has 0 radical (unpaired) electrons. The summed E-state index contributed by atoms with van der Waals surface area (Å²) >= 11 is 5.84. The zero-order valence-electron chi connectivity index (χ0n) is 14.9. The van der Waals surface area contributed by atoms with Gasteiger partial charge in [-0.3, -0.25) is 4.72 Å². The molecule has 0 bridgehead atoms. The van der Waals surface area contributed by atoms with Crippen molar-refractivity contribution in [3.63, 3.8) is 0 Å². The fraction of sp³-hybridized carbons (Fsp3) is 0.158. The molecule has 0 aliphatic rings. The van der Waals surface area contributed by atoms with Crippen molar-refractivity contribution < 1.29 is 8.42 Å². The first-order chi connectivity index (χ1) is 12.9. The van der Waals surface area contributed by atoms with Gasteiger partial charge in [0, 0.05) is 22.5 Å². The minimum atomic E-state index is -3.72. The van der Waals surface area contributed by atoms with E-state index in [0.29, 0.717) is 22.9 Å². The lowest BCUT2D eigenvalue weighted by molar-refractivity contribution is 0.601. The Morgan fingerprint density at radius 1 is 1.04 bits per heavy atom. The smallest absolute Gasteiger partial charge is 0.261 e. The van der Waals surface area contributed by atoms with Gasteiger partial charge in [-0.1, -0.05) is 24.6 Å². The van der Waals surface area contributed by atoms with E-state index < -0.39 is 10.0 Å². The standard InChI is InChI=1S/C19H19ClN4O2S/c1-3-14-4-7-16(23-19-10-13(2)21-12-22-19)11-18(14)24-27(25,26)17-8-5-15(20)6-9-17/h4-12,24H,3H2,1-2H3,(H,21,22,23). The van der Waals surface area contributed by atoms with Crippen LogP contribution < -0.4 is 10.0 Å². The number of rotatable bonds is 6. The maximum Gasteiger partial charge on any atom is 0.261 e. The van der Waals surface area contributed by atoms with E-state index in [2.05, 4.69) is 20.0 Å². The van der Waals surface area contributed by atoms with Gasteiger partial charge in [0.15, 0.2) is 0 Å². The SMILES string of the molecule is CCc1ccc(Nc2cc(C)ncn2)cc1NS(=O)(=O)c1ccc(Cl)cc1. The molecule has 0 unspecified atom stereocenters. The third kappa shape index (κ3) is 4.75. The van der Waals surface area contributed by atoms with Crippen LogP contribution in [-0.2, 0) is 16.4 Å². The quantitative estimate of drug-likeness (QED) is 0.632. The molecule has 3 aromatic rings. The molecule has 0 fully saturated rings. The van der Waals surface area contributed by atoms with Gasteiger partial charge in [-0.15, -0.1) is 0 Å². The number of aromatic nitrogens is 2. The number of nitrogens with one attached hydrogen (secondary N) is 2. The fourth-order valence-corrected chi connectivity index (χ4v) is 3.76.